The molecule has 14 heavy (non-hydrogen) atoms. The van der Waals surface area contributed by atoms with Crippen LogP contribution in [-0.4, -0.2) is 27.6 Å². The third-order valence-corrected chi connectivity index (χ3v) is 2.40. The van der Waals surface area contributed by atoms with Crippen LogP contribution in [0.4, 0.5) is 5.69 Å². The van der Waals surface area contributed by atoms with Gasteiger partial charge in [-0.25, -0.2) is 0 Å². The zero-order valence-corrected chi connectivity index (χ0v) is 8.51. The molecule has 2 aromatic rings. The summed E-state index contributed by atoms with van der Waals surface area (Å²) in [7, 11) is 0. The molecular formula is C9H15N5. The Morgan fingerprint density at radius 1 is 1.43 bits per heavy atom. The molecule has 0 bridgehead atoms. The number of fused-ring (bicyclic) bond motifs is 1. The van der Waals surface area contributed by atoms with Gasteiger partial charge in [0, 0.05) is 19.3 Å². The predicted octanol–water partition coefficient (Wildman–Crippen LogP) is 0.696. The van der Waals surface area contributed by atoms with Gasteiger partial charge < -0.3 is 5.73 Å². The summed E-state index contributed by atoms with van der Waals surface area (Å²) in [6.07, 6.45) is 3.65. The second kappa shape index (κ2) is 3.25. The molecule has 0 radical (unpaired) electrons. The smallest absolute Gasteiger partial charge is 0.112 e. The second-order valence-corrected chi connectivity index (χ2v) is 3.15. The maximum Gasteiger partial charge on any atom is 0.112 e. The summed E-state index contributed by atoms with van der Waals surface area (Å²) in [6.45, 7) is 6.12. The molecule has 5 heteroatoms. The summed E-state index contributed by atoms with van der Waals surface area (Å²) in [6, 6.07) is 1.97. The van der Waals surface area contributed by atoms with E-state index in [1.165, 1.54) is 0 Å². The standard InChI is InChI=1S/C9H15N5/c1-3-12(4-2)13-6-5-9-8(10)7-11-14(9)13/h5-7H,3-4,10H2,1-2H3. The Morgan fingerprint density at radius 2 is 2.14 bits per heavy atom. The highest BCUT2D eigenvalue weighted by molar-refractivity contribution is 5.67. The fourth-order valence-corrected chi connectivity index (χ4v) is 1.61. The van der Waals surface area contributed by atoms with Gasteiger partial charge in [0.1, 0.15) is 5.52 Å². The number of nitrogens with two attached hydrogens (primary N) is 1. The van der Waals surface area contributed by atoms with Gasteiger partial charge >= 0.3 is 0 Å². The number of nitrogen functional groups attached to an aromatic ring is 1. The largest absolute Gasteiger partial charge is 0.396 e. The molecule has 0 aliphatic rings. The summed E-state index contributed by atoms with van der Waals surface area (Å²) in [5.74, 6) is 0. The Balaban J connectivity index is 2.51. The number of rotatable bonds is 3. The molecule has 0 unspecified atom stereocenters. The van der Waals surface area contributed by atoms with Crippen molar-refractivity contribution in [2.45, 2.75) is 13.8 Å². The lowest BCUT2D eigenvalue weighted by molar-refractivity contribution is 0.499. The van der Waals surface area contributed by atoms with Gasteiger partial charge in [0.2, 0.25) is 0 Å². The highest BCUT2D eigenvalue weighted by Gasteiger charge is 2.07. The summed E-state index contributed by atoms with van der Waals surface area (Å²) in [4.78, 5) is 1.98. The van der Waals surface area contributed by atoms with Crippen molar-refractivity contribution in [1.82, 2.24) is 14.5 Å². The van der Waals surface area contributed by atoms with Gasteiger partial charge in [0.15, 0.2) is 0 Å². The first-order valence-electron chi connectivity index (χ1n) is 4.84. The molecule has 0 spiro atoms. The zero-order chi connectivity index (χ0) is 10.1. The van der Waals surface area contributed by atoms with Crippen molar-refractivity contribution < 1.29 is 0 Å². The summed E-state index contributed by atoms with van der Waals surface area (Å²) >= 11 is 0. The molecule has 0 aromatic carbocycles. The maximum absolute atomic E-state index is 5.76. The SMILES string of the molecule is CCN(CC)n1ccc2c(N)cnn21. The van der Waals surface area contributed by atoms with Crippen molar-refractivity contribution in [3.63, 3.8) is 0 Å². The first-order chi connectivity index (χ1) is 6.77. The Bertz CT molecular complexity index is 423. The maximum atomic E-state index is 5.76. The van der Waals surface area contributed by atoms with Crippen molar-refractivity contribution >= 4 is 11.2 Å². The van der Waals surface area contributed by atoms with Crippen LogP contribution in [0.2, 0.25) is 0 Å². The minimum atomic E-state index is 0.718. The topological polar surface area (TPSA) is 51.5 Å². The fourth-order valence-electron chi connectivity index (χ4n) is 1.61. The first kappa shape index (κ1) is 8.93. The molecule has 0 aliphatic carbocycles. The van der Waals surface area contributed by atoms with E-state index < -0.39 is 0 Å². The van der Waals surface area contributed by atoms with E-state index in [0.717, 1.165) is 24.3 Å². The van der Waals surface area contributed by atoms with Crippen LogP contribution in [0.3, 0.4) is 0 Å². The van der Waals surface area contributed by atoms with Gasteiger partial charge in [-0.3, -0.25) is 5.01 Å². The van der Waals surface area contributed by atoms with E-state index in [2.05, 4.69) is 24.0 Å². The third kappa shape index (κ3) is 1.13. The van der Waals surface area contributed by atoms with Crippen LogP contribution in [0.25, 0.3) is 5.52 Å². The van der Waals surface area contributed by atoms with Crippen molar-refractivity contribution in [1.29, 1.82) is 0 Å². The van der Waals surface area contributed by atoms with Gasteiger partial charge in [-0.15, -0.1) is 0 Å². The van der Waals surface area contributed by atoms with Crippen LogP contribution in [0.1, 0.15) is 13.8 Å². The molecule has 0 fully saturated rings. The van der Waals surface area contributed by atoms with Gasteiger partial charge in [-0.2, -0.15) is 14.5 Å². The molecule has 2 aromatic heterocycles. The molecular weight excluding hydrogens is 178 g/mol. The zero-order valence-electron chi connectivity index (χ0n) is 8.51. The molecule has 0 atom stereocenters. The molecule has 0 aliphatic heterocycles. The Hall–Kier alpha value is -1.65. The fraction of sp³-hybridized carbons (Fsp3) is 0.444. The van der Waals surface area contributed by atoms with E-state index in [4.69, 9.17) is 5.73 Å². The van der Waals surface area contributed by atoms with Gasteiger partial charge in [0.05, 0.1) is 11.9 Å². The monoisotopic (exact) mass is 193 g/mol. The minimum absolute atomic E-state index is 0.718. The van der Waals surface area contributed by atoms with Crippen molar-refractivity contribution in [2.75, 3.05) is 23.8 Å². The summed E-state index contributed by atoms with van der Waals surface area (Å²) < 4.78 is 1.81. The van der Waals surface area contributed by atoms with E-state index in [-0.39, 0.29) is 0 Å². The lowest BCUT2D eigenvalue weighted by Crippen LogP contribution is -2.36. The van der Waals surface area contributed by atoms with Crippen molar-refractivity contribution in [3.05, 3.63) is 18.5 Å². The van der Waals surface area contributed by atoms with Crippen LogP contribution < -0.4 is 10.7 Å². The Morgan fingerprint density at radius 3 is 2.79 bits per heavy atom. The molecule has 2 rings (SSSR count). The first-order valence-corrected chi connectivity index (χ1v) is 4.84. The van der Waals surface area contributed by atoms with Crippen molar-refractivity contribution in [2.24, 2.45) is 0 Å². The molecule has 2 N–H and O–H groups in total. The summed E-state index contributed by atoms with van der Waals surface area (Å²) in [5.41, 5.74) is 7.43. The Labute approximate surface area is 82.7 Å². The van der Waals surface area contributed by atoms with Crippen molar-refractivity contribution in [3.8, 4) is 0 Å². The number of hydrogen-bond acceptors (Lipinski definition) is 3. The number of nitrogens with zero attached hydrogens (tertiary/aromatic N) is 4. The van der Waals surface area contributed by atoms with Crippen LogP contribution in [0.5, 0.6) is 0 Å². The second-order valence-electron chi connectivity index (χ2n) is 3.15. The van der Waals surface area contributed by atoms with E-state index in [0.29, 0.717) is 0 Å². The average molecular weight is 193 g/mol. The van der Waals surface area contributed by atoms with E-state index in [1.54, 1.807) is 6.20 Å². The van der Waals surface area contributed by atoms with Crippen LogP contribution in [0, 0.1) is 0 Å². The highest BCUT2D eigenvalue weighted by atomic mass is 15.7. The molecule has 0 saturated heterocycles. The molecule has 5 nitrogen and oxygen atoms in total. The van der Waals surface area contributed by atoms with Gasteiger partial charge in [-0.1, -0.05) is 0 Å². The molecule has 0 saturated carbocycles. The number of aromatic nitrogens is 3. The predicted molar refractivity (Wildman–Crippen MR) is 56.9 cm³/mol. The van der Waals surface area contributed by atoms with Crippen LogP contribution in [-0.2, 0) is 0 Å². The van der Waals surface area contributed by atoms with Crippen LogP contribution >= 0.6 is 0 Å². The van der Waals surface area contributed by atoms with Crippen LogP contribution in [0.15, 0.2) is 18.5 Å². The van der Waals surface area contributed by atoms with Gasteiger partial charge in [-0.05, 0) is 19.9 Å². The highest BCUT2D eigenvalue weighted by Crippen LogP contribution is 2.12. The van der Waals surface area contributed by atoms with E-state index in [1.807, 2.05) is 21.7 Å². The molecule has 76 valence electrons. The number of anilines is 1. The van der Waals surface area contributed by atoms with E-state index >= 15 is 0 Å². The average Bonchev–Trinajstić information content (AvgIpc) is 2.74. The molecule has 0 amide bonds. The molecule has 2 heterocycles. The lowest BCUT2D eigenvalue weighted by atomic mass is 10.4. The Kier molecular flexibility index (Phi) is 2.07. The van der Waals surface area contributed by atoms with Gasteiger partial charge in [0.25, 0.3) is 0 Å². The van der Waals surface area contributed by atoms with E-state index in [9.17, 15) is 0 Å². The number of hydrogen-bond donors (Lipinski definition) is 1. The third-order valence-electron chi connectivity index (χ3n) is 2.40. The quantitative estimate of drug-likeness (QED) is 0.780. The minimum Gasteiger partial charge on any atom is -0.396 e. The summed E-state index contributed by atoms with van der Waals surface area (Å²) in [5, 5.41) is 6.37. The normalized spacial score (nSPS) is 11.0. The lowest BCUT2D eigenvalue weighted by Gasteiger charge is -2.22.